The van der Waals surface area contributed by atoms with E-state index in [0.29, 0.717) is 17.7 Å². The molecule has 2 aliphatic rings. The number of hydrogen-bond donors (Lipinski definition) is 0. The lowest BCUT2D eigenvalue weighted by Gasteiger charge is -2.35. The van der Waals surface area contributed by atoms with Crippen LogP contribution in [0, 0.1) is 30.6 Å². The summed E-state index contributed by atoms with van der Waals surface area (Å²) >= 11 is 0. The molecule has 1 heterocycles. The summed E-state index contributed by atoms with van der Waals surface area (Å²) in [5.74, 6) is 8.91. The van der Waals surface area contributed by atoms with E-state index >= 15 is 0 Å². The van der Waals surface area contributed by atoms with Crippen LogP contribution in [0.5, 0.6) is 5.75 Å². The van der Waals surface area contributed by atoms with Gasteiger partial charge < -0.3 is 9.64 Å². The first kappa shape index (κ1) is 27.1. The summed E-state index contributed by atoms with van der Waals surface area (Å²) in [5.41, 5.74) is 5.26. The summed E-state index contributed by atoms with van der Waals surface area (Å²) < 4.78 is 7.22. The van der Waals surface area contributed by atoms with E-state index in [4.69, 9.17) is 4.74 Å². The van der Waals surface area contributed by atoms with Crippen LogP contribution in [0.1, 0.15) is 86.1 Å². The van der Waals surface area contributed by atoms with Crippen LogP contribution in [-0.4, -0.2) is 29.3 Å². The fourth-order valence-corrected chi connectivity index (χ4v) is 6.35. The van der Waals surface area contributed by atoms with Crippen molar-refractivity contribution >= 4 is 11.6 Å². The van der Waals surface area contributed by atoms with Gasteiger partial charge in [0.15, 0.2) is 0 Å². The molecule has 2 saturated carbocycles. The average molecular weight is 524 g/mol. The molecule has 39 heavy (non-hydrogen) atoms. The van der Waals surface area contributed by atoms with E-state index in [2.05, 4.69) is 59.1 Å². The highest BCUT2D eigenvalue weighted by Crippen LogP contribution is 2.38. The van der Waals surface area contributed by atoms with Gasteiger partial charge in [-0.25, -0.2) is 0 Å². The molecule has 2 fully saturated rings. The van der Waals surface area contributed by atoms with E-state index < -0.39 is 0 Å². The van der Waals surface area contributed by atoms with Crippen molar-refractivity contribution in [2.75, 3.05) is 18.6 Å². The number of methoxy groups -OCH3 is 1. The van der Waals surface area contributed by atoms with Crippen LogP contribution in [0.2, 0.25) is 0 Å². The van der Waals surface area contributed by atoms with Gasteiger partial charge in [0.25, 0.3) is 0 Å². The monoisotopic (exact) mass is 523 g/mol. The third kappa shape index (κ3) is 6.74. The molecule has 0 saturated heterocycles. The molecule has 5 heteroatoms. The number of benzene rings is 2. The van der Waals surface area contributed by atoms with E-state index in [0.717, 1.165) is 80.6 Å². The third-order valence-electron chi connectivity index (χ3n) is 8.60. The number of ether oxygens (including phenoxy) is 1. The number of rotatable bonds is 6. The molecule has 2 aromatic carbocycles. The normalized spacial score (nSPS) is 19.7. The Morgan fingerprint density at radius 3 is 2.49 bits per heavy atom. The van der Waals surface area contributed by atoms with Gasteiger partial charge in [0.1, 0.15) is 11.4 Å². The first-order valence-electron chi connectivity index (χ1n) is 14.6. The van der Waals surface area contributed by atoms with Crippen molar-refractivity contribution in [1.82, 2.24) is 9.78 Å². The first-order valence-corrected chi connectivity index (χ1v) is 14.6. The maximum Gasteiger partial charge on any atom is 0.230 e. The van der Waals surface area contributed by atoms with Gasteiger partial charge in [-0.3, -0.25) is 9.48 Å². The van der Waals surface area contributed by atoms with Gasteiger partial charge in [-0.15, -0.1) is 0 Å². The second-order valence-electron chi connectivity index (χ2n) is 11.4. The predicted octanol–water partition coefficient (Wildman–Crippen LogP) is 7.02. The molecule has 2 aliphatic carbocycles. The smallest absolute Gasteiger partial charge is 0.230 e. The fourth-order valence-electron chi connectivity index (χ4n) is 6.35. The van der Waals surface area contributed by atoms with Crippen molar-refractivity contribution in [1.29, 1.82) is 0 Å². The van der Waals surface area contributed by atoms with Crippen LogP contribution in [-0.2, 0) is 11.8 Å². The molecule has 1 amide bonds. The average Bonchev–Trinajstić information content (AvgIpc) is 3.40. The summed E-state index contributed by atoms with van der Waals surface area (Å²) in [7, 11) is 3.63. The highest BCUT2D eigenvalue weighted by Gasteiger charge is 2.31. The van der Waals surface area contributed by atoms with Gasteiger partial charge in [-0.1, -0.05) is 43.4 Å². The Labute approximate surface area is 233 Å². The van der Waals surface area contributed by atoms with Crippen LogP contribution in [0.3, 0.4) is 0 Å². The molecule has 0 spiro atoms. The van der Waals surface area contributed by atoms with Crippen molar-refractivity contribution in [2.24, 2.45) is 18.9 Å². The molecule has 0 bridgehead atoms. The predicted molar refractivity (Wildman–Crippen MR) is 157 cm³/mol. The van der Waals surface area contributed by atoms with E-state index in [1.54, 1.807) is 11.8 Å². The number of amides is 1. The Bertz CT molecular complexity index is 1330. The Morgan fingerprint density at radius 2 is 1.79 bits per heavy atom. The number of carbonyl (C=O) groups is 1. The Hall–Kier alpha value is -3.52. The number of carbonyl (C=O) groups excluding carboxylic acids is 1. The minimum atomic E-state index is 0.139. The van der Waals surface area contributed by atoms with Crippen molar-refractivity contribution in [2.45, 2.75) is 70.6 Å². The van der Waals surface area contributed by atoms with Gasteiger partial charge in [0, 0.05) is 37.0 Å². The molecule has 0 N–H and O–H groups in total. The third-order valence-corrected chi connectivity index (χ3v) is 8.60. The van der Waals surface area contributed by atoms with Crippen LogP contribution in [0.4, 0.5) is 5.69 Å². The molecule has 0 unspecified atom stereocenters. The van der Waals surface area contributed by atoms with Gasteiger partial charge in [0.2, 0.25) is 5.91 Å². The van der Waals surface area contributed by atoms with Crippen LogP contribution in [0.15, 0.2) is 54.7 Å². The quantitative estimate of drug-likeness (QED) is 0.326. The van der Waals surface area contributed by atoms with Gasteiger partial charge >= 0.3 is 0 Å². The van der Waals surface area contributed by atoms with Crippen LogP contribution >= 0.6 is 0 Å². The van der Waals surface area contributed by atoms with Crippen molar-refractivity contribution in [3.63, 3.8) is 0 Å². The molecular formula is C34H41N3O2. The zero-order chi connectivity index (χ0) is 27.2. The second-order valence-corrected chi connectivity index (χ2v) is 11.4. The lowest BCUT2D eigenvalue weighted by atomic mass is 9.78. The zero-order valence-electron chi connectivity index (χ0n) is 23.7. The van der Waals surface area contributed by atoms with Crippen molar-refractivity contribution < 1.29 is 9.53 Å². The summed E-state index contributed by atoms with van der Waals surface area (Å²) in [6.45, 7) is 2.92. The number of nitrogens with zero attached hydrogens (tertiary/aromatic N) is 3. The minimum absolute atomic E-state index is 0.139. The number of anilines is 1. The lowest BCUT2D eigenvalue weighted by Crippen LogP contribution is -2.41. The topological polar surface area (TPSA) is 47.4 Å². The Kier molecular flexibility index (Phi) is 8.71. The molecule has 1 aromatic heterocycles. The fraction of sp³-hybridized carbons (Fsp3) is 0.471. The van der Waals surface area contributed by atoms with Crippen molar-refractivity contribution in [3.8, 4) is 17.6 Å². The highest BCUT2D eigenvalue weighted by molar-refractivity contribution is 5.95. The molecule has 0 atom stereocenters. The van der Waals surface area contributed by atoms with E-state index in [-0.39, 0.29) is 5.92 Å². The minimum Gasteiger partial charge on any atom is -0.496 e. The molecule has 3 aromatic rings. The second kappa shape index (κ2) is 12.6. The van der Waals surface area contributed by atoms with E-state index in [1.165, 1.54) is 17.5 Å². The molecule has 0 radical (unpaired) electrons. The first-order chi connectivity index (χ1) is 19.0. The highest BCUT2D eigenvalue weighted by atomic mass is 16.5. The van der Waals surface area contributed by atoms with E-state index in [9.17, 15) is 4.79 Å². The number of hydrogen-bond acceptors (Lipinski definition) is 3. The molecular weight excluding hydrogens is 482 g/mol. The molecule has 5 nitrogen and oxygen atoms in total. The number of aromatic nitrogens is 2. The lowest BCUT2D eigenvalue weighted by molar-refractivity contribution is -0.123. The zero-order valence-corrected chi connectivity index (χ0v) is 23.7. The number of aryl methyl sites for hydroxylation is 2. The Balaban J connectivity index is 1.31. The Morgan fingerprint density at radius 1 is 1.00 bits per heavy atom. The van der Waals surface area contributed by atoms with Crippen LogP contribution < -0.4 is 9.64 Å². The molecule has 5 rings (SSSR count). The SMILES string of the molecule is COc1ccc([C@H]2CC[C@H](CN(C(=O)C3CCCCC3)c3cccc(C#Cc4ccn(C)n4)c3)CC2)cc1C. The van der Waals surface area contributed by atoms with Gasteiger partial charge in [-0.05, 0) is 105 Å². The summed E-state index contributed by atoms with van der Waals surface area (Å²) in [6, 6.07) is 16.8. The van der Waals surface area contributed by atoms with Crippen LogP contribution in [0.25, 0.3) is 0 Å². The van der Waals surface area contributed by atoms with E-state index in [1.807, 2.05) is 31.4 Å². The summed E-state index contributed by atoms with van der Waals surface area (Å²) in [6.07, 6.45) is 12.1. The molecule has 0 aliphatic heterocycles. The van der Waals surface area contributed by atoms with Crippen molar-refractivity contribution in [3.05, 3.63) is 77.1 Å². The van der Waals surface area contributed by atoms with Gasteiger partial charge in [0.05, 0.1) is 7.11 Å². The largest absolute Gasteiger partial charge is 0.496 e. The standard InChI is InChI=1S/C34H41N3O2/c1-25-22-30(17-19-33(25)39-3)28-15-12-27(13-16-28)24-37(34(38)29-9-5-4-6-10-29)32-11-7-8-26(23-32)14-18-31-20-21-36(2)35-31/h7-8,11,17,19-23,27-29H,4-6,9-10,12-13,15-16,24H2,1-3H3/t27-,28-. The summed E-state index contributed by atoms with van der Waals surface area (Å²) in [4.78, 5) is 16.0. The van der Waals surface area contributed by atoms with Gasteiger partial charge in [-0.2, -0.15) is 5.10 Å². The maximum atomic E-state index is 13.9. The summed E-state index contributed by atoms with van der Waals surface area (Å²) in [5, 5.41) is 4.36. The maximum absolute atomic E-state index is 13.9. The molecule has 204 valence electrons.